The van der Waals surface area contributed by atoms with Crippen LogP contribution in [0.5, 0.6) is 0 Å². The number of benzene rings is 2. The fourth-order valence-electron chi connectivity index (χ4n) is 3.17. The van der Waals surface area contributed by atoms with Crippen LogP contribution >= 0.6 is 15.9 Å². The fraction of sp³-hybridized carbons (Fsp3) is 0.150. The maximum Gasteiger partial charge on any atom is 0.249 e. The SMILES string of the molecule is Cc1c(-c2ccccc2)nn2c1NC(=O)C[C@@H]2C(=O)Nc1ccc(Br)cc1. The number of halogens is 1. The second-order valence-corrected chi connectivity index (χ2v) is 7.31. The molecule has 2 amide bonds. The maximum atomic E-state index is 12.9. The van der Waals surface area contributed by atoms with Crippen LogP contribution < -0.4 is 10.6 Å². The number of rotatable bonds is 3. The highest BCUT2D eigenvalue weighted by atomic mass is 79.9. The van der Waals surface area contributed by atoms with Crippen molar-refractivity contribution in [1.82, 2.24) is 9.78 Å². The van der Waals surface area contributed by atoms with Gasteiger partial charge in [0.15, 0.2) is 0 Å². The number of carbonyl (C=O) groups is 2. The Hall–Kier alpha value is -2.93. The lowest BCUT2D eigenvalue weighted by atomic mass is 10.1. The van der Waals surface area contributed by atoms with Gasteiger partial charge in [0.25, 0.3) is 0 Å². The number of fused-ring (bicyclic) bond motifs is 1. The van der Waals surface area contributed by atoms with Gasteiger partial charge in [0, 0.05) is 21.3 Å². The van der Waals surface area contributed by atoms with Gasteiger partial charge in [0.2, 0.25) is 11.8 Å². The number of carbonyl (C=O) groups excluding carboxylic acids is 2. The molecule has 0 spiro atoms. The minimum Gasteiger partial charge on any atom is -0.324 e. The van der Waals surface area contributed by atoms with Crippen molar-refractivity contribution in [2.45, 2.75) is 19.4 Å². The largest absolute Gasteiger partial charge is 0.324 e. The third kappa shape index (κ3) is 3.38. The van der Waals surface area contributed by atoms with Crippen LogP contribution in [0.1, 0.15) is 18.0 Å². The lowest BCUT2D eigenvalue weighted by molar-refractivity contribution is -0.125. The zero-order valence-corrected chi connectivity index (χ0v) is 16.2. The highest BCUT2D eigenvalue weighted by Gasteiger charge is 2.34. The van der Waals surface area contributed by atoms with Gasteiger partial charge in [-0.2, -0.15) is 5.10 Å². The summed E-state index contributed by atoms with van der Waals surface area (Å²) < 4.78 is 2.54. The minimum absolute atomic E-state index is 0.0463. The predicted molar refractivity (Wildman–Crippen MR) is 107 cm³/mol. The van der Waals surface area contributed by atoms with Gasteiger partial charge in [-0.15, -0.1) is 0 Å². The van der Waals surface area contributed by atoms with E-state index in [1.54, 1.807) is 16.8 Å². The van der Waals surface area contributed by atoms with E-state index in [0.717, 1.165) is 21.3 Å². The van der Waals surface area contributed by atoms with E-state index in [4.69, 9.17) is 0 Å². The van der Waals surface area contributed by atoms with Crippen LogP contribution in [0, 0.1) is 6.92 Å². The molecule has 0 saturated heterocycles. The molecule has 0 bridgehead atoms. The van der Waals surface area contributed by atoms with Gasteiger partial charge in [0.1, 0.15) is 11.9 Å². The second-order valence-electron chi connectivity index (χ2n) is 6.40. The Bertz CT molecular complexity index is 1010. The molecule has 0 radical (unpaired) electrons. The van der Waals surface area contributed by atoms with Gasteiger partial charge >= 0.3 is 0 Å². The number of nitrogens with one attached hydrogen (secondary N) is 2. The van der Waals surface area contributed by atoms with Crippen molar-refractivity contribution >= 4 is 39.2 Å². The van der Waals surface area contributed by atoms with Gasteiger partial charge in [-0.3, -0.25) is 9.59 Å². The van der Waals surface area contributed by atoms with E-state index >= 15 is 0 Å². The summed E-state index contributed by atoms with van der Waals surface area (Å²) in [4.78, 5) is 25.1. The molecule has 1 aliphatic rings. The van der Waals surface area contributed by atoms with Crippen LogP contribution in [-0.4, -0.2) is 21.6 Å². The first-order chi connectivity index (χ1) is 13.0. The van der Waals surface area contributed by atoms with Crippen LogP contribution in [0.4, 0.5) is 11.5 Å². The summed E-state index contributed by atoms with van der Waals surface area (Å²) in [5, 5.41) is 10.4. The summed E-state index contributed by atoms with van der Waals surface area (Å²) in [5.74, 6) is 0.109. The number of hydrogen-bond acceptors (Lipinski definition) is 3. The molecular formula is C20H17BrN4O2. The molecule has 2 N–H and O–H groups in total. The van der Waals surface area contributed by atoms with Crippen molar-refractivity contribution in [3.05, 3.63) is 64.6 Å². The highest BCUT2D eigenvalue weighted by Crippen LogP contribution is 2.34. The third-order valence-corrected chi connectivity index (χ3v) is 5.07. The topological polar surface area (TPSA) is 76.0 Å². The molecule has 2 heterocycles. The molecule has 0 unspecified atom stereocenters. The number of aromatic nitrogens is 2. The van der Waals surface area contributed by atoms with Gasteiger partial charge < -0.3 is 10.6 Å². The highest BCUT2D eigenvalue weighted by molar-refractivity contribution is 9.10. The van der Waals surface area contributed by atoms with E-state index in [1.165, 1.54) is 0 Å². The quantitative estimate of drug-likeness (QED) is 0.662. The Morgan fingerprint density at radius 1 is 1.19 bits per heavy atom. The molecule has 2 aromatic carbocycles. The summed E-state index contributed by atoms with van der Waals surface area (Å²) in [6.07, 6.45) is 0.0463. The van der Waals surface area contributed by atoms with E-state index in [-0.39, 0.29) is 18.2 Å². The molecule has 6 nitrogen and oxygen atoms in total. The zero-order valence-electron chi connectivity index (χ0n) is 14.6. The average Bonchev–Trinajstić information content (AvgIpc) is 3.00. The van der Waals surface area contributed by atoms with E-state index in [9.17, 15) is 9.59 Å². The monoisotopic (exact) mass is 424 g/mol. The maximum absolute atomic E-state index is 12.9. The molecule has 27 heavy (non-hydrogen) atoms. The Kier molecular flexibility index (Phi) is 4.53. The normalized spacial score (nSPS) is 15.8. The molecular weight excluding hydrogens is 408 g/mol. The van der Waals surface area contributed by atoms with Crippen molar-refractivity contribution in [3.63, 3.8) is 0 Å². The number of anilines is 2. The summed E-state index contributed by atoms with van der Waals surface area (Å²) in [6.45, 7) is 1.90. The van der Waals surface area contributed by atoms with Crippen molar-refractivity contribution in [3.8, 4) is 11.3 Å². The molecule has 1 aromatic heterocycles. The Labute approximate surface area is 164 Å². The zero-order chi connectivity index (χ0) is 19.0. The summed E-state index contributed by atoms with van der Waals surface area (Å²) >= 11 is 3.37. The van der Waals surface area contributed by atoms with E-state index in [1.807, 2.05) is 49.4 Å². The first-order valence-corrected chi connectivity index (χ1v) is 9.33. The first-order valence-electron chi connectivity index (χ1n) is 8.54. The van der Waals surface area contributed by atoms with Crippen LogP contribution in [-0.2, 0) is 9.59 Å². The lowest BCUT2D eigenvalue weighted by Crippen LogP contribution is -2.35. The van der Waals surface area contributed by atoms with Crippen molar-refractivity contribution < 1.29 is 9.59 Å². The number of hydrogen-bond donors (Lipinski definition) is 2. The molecule has 0 aliphatic carbocycles. The standard InChI is InChI=1S/C20H17BrN4O2/c1-12-18(13-5-3-2-4-6-13)24-25-16(11-17(26)23-19(12)25)20(27)22-15-9-7-14(21)8-10-15/h2-10,16H,11H2,1H3,(H,22,27)(H,23,26)/t16-/m1/s1. The second kappa shape index (κ2) is 7.00. The molecule has 1 atom stereocenters. The van der Waals surface area contributed by atoms with Crippen molar-refractivity contribution in [2.24, 2.45) is 0 Å². The lowest BCUT2D eigenvalue weighted by Gasteiger charge is -2.24. The Morgan fingerprint density at radius 3 is 2.59 bits per heavy atom. The van der Waals surface area contributed by atoms with Crippen LogP contribution in [0.15, 0.2) is 59.1 Å². The van der Waals surface area contributed by atoms with Crippen molar-refractivity contribution in [1.29, 1.82) is 0 Å². The predicted octanol–water partition coefficient (Wildman–Crippen LogP) is 4.14. The molecule has 0 fully saturated rings. The third-order valence-electron chi connectivity index (χ3n) is 4.54. The fourth-order valence-corrected chi connectivity index (χ4v) is 3.44. The average molecular weight is 425 g/mol. The van der Waals surface area contributed by atoms with Gasteiger partial charge in [0.05, 0.1) is 12.1 Å². The molecule has 4 rings (SSSR count). The summed E-state index contributed by atoms with van der Waals surface area (Å²) in [6, 6.07) is 16.3. The molecule has 0 saturated carbocycles. The smallest absolute Gasteiger partial charge is 0.249 e. The summed E-state index contributed by atoms with van der Waals surface area (Å²) in [5.41, 5.74) is 3.21. The van der Waals surface area contributed by atoms with Crippen LogP contribution in [0.25, 0.3) is 11.3 Å². The summed E-state index contributed by atoms with van der Waals surface area (Å²) in [7, 11) is 0. The van der Waals surface area contributed by atoms with E-state index in [2.05, 4.69) is 31.7 Å². The molecule has 136 valence electrons. The van der Waals surface area contributed by atoms with Gasteiger partial charge in [-0.25, -0.2) is 4.68 Å². The number of nitrogens with zero attached hydrogens (tertiary/aromatic N) is 2. The van der Waals surface area contributed by atoms with E-state index < -0.39 is 6.04 Å². The minimum atomic E-state index is -0.700. The van der Waals surface area contributed by atoms with E-state index in [0.29, 0.717) is 11.5 Å². The Morgan fingerprint density at radius 2 is 1.89 bits per heavy atom. The van der Waals surface area contributed by atoms with Crippen molar-refractivity contribution in [2.75, 3.05) is 10.6 Å². The van der Waals surface area contributed by atoms with Crippen LogP contribution in [0.3, 0.4) is 0 Å². The molecule has 7 heteroatoms. The van der Waals surface area contributed by atoms with Crippen LogP contribution in [0.2, 0.25) is 0 Å². The van der Waals surface area contributed by atoms with Gasteiger partial charge in [-0.1, -0.05) is 46.3 Å². The van der Waals surface area contributed by atoms with Gasteiger partial charge in [-0.05, 0) is 31.2 Å². The molecule has 1 aliphatic heterocycles. The first kappa shape index (κ1) is 17.5. The Balaban J connectivity index is 1.69. The molecule has 3 aromatic rings. The number of amides is 2.